The summed E-state index contributed by atoms with van der Waals surface area (Å²) < 4.78 is 25.8. The molecule has 2 amide bonds. The minimum Gasteiger partial charge on any atom is -0.331 e. The Morgan fingerprint density at radius 3 is 2.44 bits per heavy atom. The van der Waals surface area contributed by atoms with E-state index in [2.05, 4.69) is 23.9 Å². The van der Waals surface area contributed by atoms with Gasteiger partial charge in [-0.05, 0) is 49.9 Å². The molecule has 140 valence electrons. The largest absolute Gasteiger partial charge is 0.331 e. The lowest BCUT2D eigenvalue weighted by Crippen LogP contribution is -2.44. The standard InChI is InChI=1S/C18H29N3O3S/c1-14(15-7-9-16(10-8-15)25(23,24)19-4)20-17(22)21-12-6-5-11-18(2,3)13-21/h7-10,14,19H,5-6,11-13H2,1-4H3,(H,20,22). The van der Waals surface area contributed by atoms with E-state index in [0.29, 0.717) is 0 Å². The summed E-state index contributed by atoms with van der Waals surface area (Å²) in [4.78, 5) is 14.7. The SMILES string of the molecule is CNS(=O)(=O)c1ccc(C(C)NC(=O)N2CCCCC(C)(C)C2)cc1. The van der Waals surface area contributed by atoms with Gasteiger partial charge in [0, 0.05) is 13.1 Å². The second kappa shape index (κ2) is 7.74. The number of carbonyl (C=O) groups excluding carboxylic acids is 1. The average Bonchev–Trinajstić information content (AvgIpc) is 2.75. The number of amides is 2. The Morgan fingerprint density at radius 2 is 1.84 bits per heavy atom. The van der Waals surface area contributed by atoms with Crippen molar-refractivity contribution < 1.29 is 13.2 Å². The molecular weight excluding hydrogens is 338 g/mol. The quantitative estimate of drug-likeness (QED) is 0.859. The second-order valence-corrected chi connectivity index (χ2v) is 9.38. The molecule has 0 radical (unpaired) electrons. The number of hydrogen-bond acceptors (Lipinski definition) is 3. The van der Waals surface area contributed by atoms with Gasteiger partial charge in [0.05, 0.1) is 10.9 Å². The molecule has 6 nitrogen and oxygen atoms in total. The highest BCUT2D eigenvalue weighted by atomic mass is 32.2. The fourth-order valence-corrected chi connectivity index (χ4v) is 3.90. The molecule has 2 N–H and O–H groups in total. The molecule has 1 aliphatic rings. The van der Waals surface area contributed by atoms with Gasteiger partial charge in [0.25, 0.3) is 0 Å². The van der Waals surface area contributed by atoms with Crippen LogP contribution in [0.4, 0.5) is 4.79 Å². The van der Waals surface area contributed by atoms with Crippen LogP contribution in [0.15, 0.2) is 29.2 Å². The first-order chi connectivity index (χ1) is 11.6. The summed E-state index contributed by atoms with van der Waals surface area (Å²) in [6.45, 7) is 7.83. The van der Waals surface area contributed by atoms with E-state index in [-0.39, 0.29) is 22.4 Å². The lowest BCUT2D eigenvalue weighted by atomic mass is 9.88. The zero-order chi connectivity index (χ0) is 18.7. The van der Waals surface area contributed by atoms with Crippen LogP contribution in [-0.4, -0.2) is 39.5 Å². The molecule has 1 fully saturated rings. The number of benzene rings is 1. The number of nitrogens with one attached hydrogen (secondary N) is 2. The van der Waals surface area contributed by atoms with Crippen LogP contribution in [0.25, 0.3) is 0 Å². The van der Waals surface area contributed by atoms with Crippen LogP contribution < -0.4 is 10.0 Å². The van der Waals surface area contributed by atoms with Gasteiger partial charge < -0.3 is 10.2 Å². The minimum absolute atomic E-state index is 0.0607. The van der Waals surface area contributed by atoms with Gasteiger partial charge >= 0.3 is 6.03 Å². The first kappa shape index (κ1) is 19.7. The van der Waals surface area contributed by atoms with Crippen LogP contribution in [0.5, 0.6) is 0 Å². The normalized spacial score (nSPS) is 19.1. The smallest absolute Gasteiger partial charge is 0.317 e. The van der Waals surface area contributed by atoms with Crippen molar-refractivity contribution >= 4 is 16.1 Å². The molecule has 0 aliphatic carbocycles. The number of hydrogen-bond donors (Lipinski definition) is 2. The van der Waals surface area contributed by atoms with Crippen LogP contribution in [0.2, 0.25) is 0 Å². The van der Waals surface area contributed by atoms with E-state index >= 15 is 0 Å². The van der Waals surface area contributed by atoms with Gasteiger partial charge in [-0.3, -0.25) is 0 Å². The summed E-state index contributed by atoms with van der Waals surface area (Å²) in [7, 11) is -2.06. The van der Waals surface area contributed by atoms with E-state index in [1.807, 2.05) is 11.8 Å². The predicted molar refractivity (Wildman–Crippen MR) is 98.8 cm³/mol. The Labute approximate surface area is 151 Å². The summed E-state index contributed by atoms with van der Waals surface area (Å²) in [5.41, 5.74) is 1.01. The zero-order valence-electron chi connectivity index (χ0n) is 15.5. The predicted octanol–water partition coefficient (Wildman–Crippen LogP) is 2.88. The van der Waals surface area contributed by atoms with Crippen molar-refractivity contribution in [3.05, 3.63) is 29.8 Å². The monoisotopic (exact) mass is 367 g/mol. The molecule has 1 unspecified atom stereocenters. The Kier molecular flexibility index (Phi) is 6.11. The summed E-state index contributed by atoms with van der Waals surface area (Å²) in [5.74, 6) is 0. The van der Waals surface area contributed by atoms with Gasteiger partial charge in [0.15, 0.2) is 0 Å². The van der Waals surface area contributed by atoms with Crippen LogP contribution in [-0.2, 0) is 10.0 Å². The molecule has 1 heterocycles. The molecule has 2 rings (SSSR count). The number of urea groups is 1. The molecule has 0 spiro atoms. The molecule has 1 saturated heterocycles. The summed E-state index contributed by atoms with van der Waals surface area (Å²) in [6, 6.07) is 6.33. The van der Waals surface area contributed by atoms with E-state index in [9.17, 15) is 13.2 Å². The van der Waals surface area contributed by atoms with E-state index in [4.69, 9.17) is 0 Å². The van der Waals surface area contributed by atoms with Gasteiger partial charge in [0.1, 0.15) is 0 Å². The molecule has 1 aliphatic heterocycles. The van der Waals surface area contributed by atoms with E-state index in [1.165, 1.54) is 7.05 Å². The first-order valence-electron chi connectivity index (χ1n) is 8.73. The maximum atomic E-state index is 12.6. The van der Waals surface area contributed by atoms with Crippen molar-refractivity contribution in [2.75, 3.05) is 20.1 Å². The van der Waals surface area contributed by atoms with Crippen molar-refractivity contribution in [1.82, 2.24) is 14.9 Å². The number of nitrogens with zero attached hydrogens (tertiary/aromatic N) is 1. The number of likely N-dealkylation sites (tertiary alicyclic amines) is 1. The molecular formula is C18H29N3O3S. The average molecular weight is 368 g/mol. The van der Waals surface area contributed by atoms with Crippen molar-refractivity contribution in [3.8, 4) is 0 Å². The van der Waals surface area contributed by atoms with Gasteiger partial charge in [-0.15, -0.1) is 0 Å². The Balaban J connectivity index is 2.03. The topological polar surface area (TPSA) is 78.5 Å². The minimum atomic E-state index is -3.44. The van der Waals surface area contributed by atoms with Crippen LogP contribution in [0.3, 0.4) is 0 Å². The van der Waals surface area contributed by atoms with E-state index in [0.717, 1.165) is 37.9 Å². The summed E-state index contributed by atoms with van der Waals surface area (Å²) >= 11 is 0. The Hall–Kier alpha value is -1.60. The Bertz CT molecular complexity index is 699. The zero-order valence-corrected chi connectivity index (χ0v) is 16.3. The molecule has 0 saturated carbocycles. The van der Waals surface area contributed by atoms with Gasteiger partial charge in [0.2, 0.25) is 10.0 Å². The summed E-state index contributed by atoms with van der Waals surface area (Å²) in [5, 5.41) is 3.03. The maximum Gasteiger partial charge on any atom is 0.317 e. The number of carbonyl (C=O) groups is 1. The van der Waals surface area contributed by atoms with Crippen molar-refractivity contribution in [3.63, 3.8) is 0 Å². The second-order valence-electron chi connectivity index (χ2n) is 7.49. The first-order valence-corrected chi connectivity index (χ1v) is 10.2. The highest BCUT2D eigenvalue weighted by molar-refractivity contribution is 7.89. The van der Waals surface area contributed by atoms with Crippen LogP contribution >= 0.6 is 0 Å². The van der Waals surface area contributed by atoms with E-state index < -0.39 is 10.0 Å². The highest BCUT2D eigenvalue weighted by Gasteiger charge is 2.28. The fourth-order valence-electron chi connectivity index (χ4n) is 3.17. The van der Waals surface area contributed by atoms with Crippen LogP contribution in [0.1, 0.15) is 51.6 Å². The lowest BCUT2D eigenvalue weighted by molar-refractivity contribution is 0.173. The number of sulfonamides is 1. The van der Waals surface area contributed by atoms with E-state index in [1.54, 1.807) is 24.3 Å². The summed E-state index contributed by atoms with van der Waals surface area (Å²) in [6.07, 6.45) is 3.31. The highest BCUT2D eigenvalue weighted by Crippen LogP contribution is 2.28. The van der Waals surface area contributed by atoms with Crippen LogP contribution in [0, 0.1) is 5.41 Å². The molecule has 7 heteroatoms. The third-order valence-corrected chi connectivity index (χ3v) is 6.17. The molecule has 0 bridgehead atoms. The maximum absolute atomic E-state index is 12.6. The Morgan fingerprint density at radius 1 is 1.20 bits per heavy atom. The molecule has 1 aromatic rings. The van der Waals surface area contributed by atoms with Crippen molar-refractivity contribution in [1.29, 1.82) is 0 Å². The molecule has 0 aromatic heterocycles. The molecule has 1 atom stereocenters. The van der Waals surface area contributed by atoms with Gasteiger partial charge in [-0.2, -0.15) is 0 Å². The number of rotatable bonds is 4. The van der Waals surface area contributed by atoms with Gasteiger partial charge in [-0.25, -0.2) is 17.9 Å². The molecule has 1 aromatic carbocycles. The fraction of sp³-hybridized carbons (Fsp3) is 0.611. The van der Waals surface area contributed by atoms with Crippen molar-refractivity contribution in [2.24, 2.45) is 5.41 Å². The third kappa shape index (κ3) is 5.19. The molecule has 25 heavy (non-hydrogen) atoms. The third-order valence-electron chi connectivity index (χ3n) is 4.74. The van der Waals surface area contributed by atoms with Crippen molar-refractivity contribution in [2.45, 2.75) is 51.0 Å². The lowest BCUT2D eigenvalue weighted by Gasteiger charge is -2.30. The van der Waals surface area contributed by atoms with Gasteiger partial charge in [-0.1, -0.05) is 32.4 Å².